The van der Waals surface area contributed by atoms with Gasteiger partial charge in [-0.15, -0.1) is 11.3 Å². The molecule has 3 aromatic rings. The van der Waals surface area contributed by atoms with Crippen LogP contribution in [0.25, 0.3) is 0 Å². The van der Waals surface area contributed by atoms with E-state index in [4.69, 9.17) is 14.3 Å². The van der Waals surface area contributed by atoms with Gasteiger partial charge in [0.1, 0.15) is 11.3 Å². The highest BCUT2D eigenvalue weighted by Gasteiger charge is 2.22. The van der Waals surface area contributed by atoms with E-state index >= 15 is 0 Å². The summed E-state index contributed by atoms with van der Waals surface area (Å²) in [4.78, 5) is 45.1. The third-order valence-corrected chi connectivity index (χ3v) is 5.11. The van der Waals surface area contributed by atoms with Crippen LogP contribution >= 0.6 is 11.3 Å². The Bertz CT molecular complexity index is 1210. The monoisotopic (exact) mass is 506 g/mol. The molecule has 3 rings (SSSR count). The number of hydrogen-bond donors (Lipinski definition) is 1. The molecule has 0 saturated heterocycles. The molecule has 10 heteroatoms. The molecule has 0 unspecified atom stereocenters. The fourth-order valence-corrected chi connectivity index (χ4v) is 3.52. The first-order chi connectivity index (χ1) is 17.2. The minimum absolute atomic E-state index is 0.0775. The Morgan fingerprint density at radius 3 is 2.17 bits per heavy atom. The Kier molecular flexibility index (Phi) is 8.69. The molecule has 1 aromatic heterocycles. The Balaban J connectivity index is 1.67. The maximum Gasteiger partial charge on any atom is 0.413 e. The van der Waals surface area contributed by atoms with Crippen LogP contribution in [0.1, 0.15) is 43.7 Å². The fraction of sp³-hybridized carbons (Fsp3) is 0.192. The van der Waals surface area contributed by atoms with Crippen LogP contribution in [-0.2, 0) is 23.9 Å². The summed E-state index contributed by atoms with van der Waals surface area (Å²) in [6.45, 7) is 8.72. The van der Waals surface area contributed by atoms with Crippen molar-refractivity contribution in [2.24, 2.45) is 5.16 Å². The van der Waals surface area contributed by atoms with Gasteiger partial charge in [0.25, 0.3) is 6.29 Å². The van der Waals surface area contributed by atoms with Crippen LogP contribution < -0.4 is 5.32 Å². The van der Waals surface area contributed by atoms with E-state index in [2.05, 4.69) is 22.0 Å². The summed E-state index contributed by atoms with van der Waals surface area (Å²) in [5.74, 6) is -1.31. The van der Waals surface area contributed by atoms with E-state index in [0.29, 0.717) is 0 Å². The number of amides is 1. The zero-order valence-corrected chi connectivity index (χ0v) is 20.7. The van der Waals surface area contributed by atoms with Gasteiger partial charge in [0.05, 0.1) is 0 Å². The predicted octanol–water partition coefficient (Wildman–Crippen LogP) is 5.17. The highest BCUT2D eigenvalue weighted by molar-refractivity contribution is 7.14. The number of nitrogens with one attached hydrogen (secondary N) is 1. The highest BCUT2D eigenvalue weighted by atomic mass is 32.1. The third kappa shape index (κ3) is 7.60. The molecule has 2 aromatic carbocycles. The van der Waals surface area contributed by atoms with E-state index in [1.165, 1.54) is 5.38 Å². The molecular formula is C26H24N3O6S. The van der Waals surface area contributed by atoms with Gasteiger partial charge in [-0.2, -0.15) is 0 Å². The molecule has 0 aliphatic heterocycles. The fourth-order valence-electron chi connectivity index (χ4n) is 2.84. The van der Waals surface area contributed by atoms with E-state index in [0.717, 1.165) is 22.5 Å². The summed E-state index contributed by atoms with van der Waals surface area (Å²) >= 11 is 1.04. The van der Waals surface area contributed by atoms with Gasteiger partial charge >= 0.3 is 12.1 Å². The molecule has 0 aliphatic carbocycles. The van der Waals surface area contributed by atoms with Gasteiger partial charge in [-0.05, 0) is 38.5 Å². The summed E-state index contributed by atoms with van der Waals surface area (Å²) in [6, 6.07) is 18.4. The minimum atomic E-state index is -0.868. The van der Waals surface area contributed by atoms with Crippen molar-refractivity contribution < 1.29 is 28.7 Å². The van der Waals surface area contributed by atoms with Crippen molar-refractivity contribution >= 4 is 40.5 Å². The lowest BCUT2D eigenvalue weighted by Gasteiger charge is -2.19. The van der Waals surface area contributed by atoms with Crippen molar-refractivity contribution in [3.63, 3.8) is 0 Å². The number of esters is 1. The standard InChI is InChI=1S/C26H24N3O6S/c1-17(23(31)33-22(18-11-7-5-8-12-18)19-13-9-6-10-14-19)35-29-20(15-30)21-16-36-24(27-21)28-25(32)34-26(2,3)4/h5-14,16,22H,1H2,2-4H3,(H,27,28,32)/b29-20+. The second kappa shape index (κ2) is 11.9. The molecular weight excluding hydrogens is 482 g/mol. The van der Waals surface area contributed by atoms with Crippen LogP contribution in [0.2, 0.25) is 0 Å². The van der Waals surface area contributed by atoms with E-state index in [-0.39, 0.29) is 16.5 Å². The molecule has 1 radical (unpaired) electrons. The van der Waals surface area contributed by atoms with Gasteiger partial charge in [0.15, 0.2) is 16.9 Å². The van der Waals surface area contributed by atoms with E-state index in [9.17, 15) is 14.4 Å². The zero-order valence-electron chi connectivity index (χ0n) is 19.9. The maximum atomic E-state index is 12.7. The smallest absolute Gasteiger partial charge is 0.413 e. The van der Waals surface area contributed by atoms with Gasteiger partial charge in [-0.25, -0.2) is 14.6 Å². The van der Waals surface area contributed by atoms with E-state index in [1.54, 1.807) is 27.1 Å². The number of ether oxygens (including phenoxy) is 2. The second-order valence-electron chi connectivity index (χ2n) is 8.33. The molecule has 36 heavy (non-hydrogen) atoms. The lowest BCUT2D eigenvalue weighted by atomic mass is 10.0. The van der Waals surface area contributed by atoms with Gasteiger partial charge < -0.3 is 14.3 Å². The molecule has 1 N–H and O–H groups in total. The van der Waals surface area contributed by atoms with Crippen LogP contribution in [0.5, 0.6) is 0 Å². The lowest BCUT2D eigenvalue weighted by molar-refractivity contribution is -0.146. The summed E-state index contributed by atoms with van der Waals surface area (Å²) in [6.07, 6.45) is 0.187. The van der Waals surface area contributed by atoms with Crippen molar-refractivity contribution in [2.45, 2.75) is 32.5 Å². The summed E-state index contributed by atoms with van der Waals surface area (Å²) in [7, 11) is 0. The first-order valence-corrected chi connectivity index (χ1v) is 11.6. The molecule has 1 heterocycles. The molecule has 0 aliphatic rings. The SMILES string of the molecule is C=C(O/N=C(\[C]=O)c1csc(NC(=O)OC(C)(C)C)n1)C(=O)OC(c1ccccc1)c1ccccc1. The largest absolute Gasteiger partial charge is 0.447 e. The number of rotatable bonds is 9. The first kappa shape index (κ1) is 26.3. The summed E-state index contributed by atoms with van der Waals surface area (Å²) in [5, 5.41) is 7.73. The van der Waals surface area contributed by atoms with Crippen LogP contribution in [0.4, 0.5) is 9.93 Å². The quantitative estimate of drug-likeness (QED) is 0.140. The summed E-state index contributed by atoms with van der Waals surface area (Å²) in [5.41, 5.74) is 0.565. The highest BCUT2D eigenvalue weighted by Crippen LogP contribution is 2.27. The molecule has 0 atom stereocenters. The van der Waals surface area contributed by atoms with Crippen LogP contribution in [0, 0.1) is 0 Å². The van der Waals surface area contributed by atoms with Crippen molar-refractivity contribution in [1.82, 2.24) is 4.98 Å². The first-order valence-electron chi connectivity index (χ1n) is 10.7. The molecule has 9 nitrogen and oxygen atoms in total. The molecule has 0 fully saturated rings. The van der Waals surface area contributed by atoms with Crippen LogP contribution in [0.15, 0.2) is 83.5 Å². The Labute approximate surface area is 212 Å². The molecule has 1 amide bonds. The van der Waals surface area contributed by atoms with Crippen LogP contribution in [0.3, 0.4) is 0 Å². The third-order valence-electron chi connectivity index (χ3n) is 4.36. The van der Waals surface area contributed by atoms with Crippen LogP contribution in [-0.4, -0.2) is 34.6 Å². The Hall–Kier alpha value is -4.31. The average Bonchev–Trinajstić information content (AvgIpc) is 3.30. The number of oxime groups is 1. The number of thiazole rings is 1. The predicted molar refractivity (Wildman–Crippen MR) is 135 cm³/mol. The molecule has 0 bridgehead atoms. The second-order valence-corrected chi connectivity index (χ2v) is 9.19. The number of anilines is 1. The van der Waals surface area contributed by atoms with E-state index < -0.39 is 29.5 Å². The maximum absolute atomic E-state index is 12.7. The normalized spacial score (nSPS) is 11.5. The molecule has 0 saturated carbocycles. The number of aromatic nitrogens is 1. The minimum Gasteiger partial charge on any atom is -0.447 e. The molecule has 0 spiro atoms. The Morgan fingerprint density at radius 1 is 1.06 bits per heavy atom. The number of hydrogen-bond acceptors (Lipinski definition) is 9. The van der Waals surface area contributed by atoms with Gasteiger partial charge in [0, 0.05) is 5.38 Å². The number of carbonyl (C=O) groups excluding carboxylic acids is 3. The van der Waals surface area contributed by atoms with Crippen molar-refractivity contribution in [2.75, 3.05) is 5.32 Å². The van der Waals surface area contributed by atoms with Crippen molar-refractivity contribution in [3.8, 4) is 0 Å². The molecule has 185 valence electrons. The van der Waals surface area contributed by atoms with Gasteiger partial charge in [-0.1, -0.05) is 65.8 Å². The van der Waals surface area contributed by atoms with Gasteiger partial charge in [-0.3, -0.25) is 10.1 Å². The topological polar surface area (TPSA) is 116 Å². The zero-order chi connectivity index (χ0) is 26.1. The van der Waals surface area contributed by atoms with E-state index in [1.807, 2.05) is 60.7 Å². The number of benzene rings is 2. The van der Waals surface area contributed by atoms with Crippen molar-refractivity contribution in [3.05, 3.63) is 95.2 Å². The lowest BCUT2D eigenvalue weighted by Crippen LogP contribution is -2.27. The Morgan fingerprint density at radius 2 is 1.64 bits per heavy atom. The van der Waals surface area contributed by atoms with Crippen molar-refractivity contribution in [1.29, 1.82) is 0 Å². The van der Waals surface area contributed by atoms with Gasteiger partial charge in [0.2, 0.25) is 5.76 Å². The summed E-state index contributed by atoms with van der Waals surface area (Å²) < 4.78 is 10.8. The average molecular weight is 507 g/mol. The number of carbonyl (C=O) groups is 2. The number of nitrogens with zero attached hydrogens (tertiary/aromatic N) is 2.